The summed E-state index contributed by atoms with van der Waals surface area (Å²) in [6.07, 6.45) is -1.43. The Morgan fingerprint density at radius 2 is 2.15 bits per heavy atom. The van der Waals surface area contributed by atoms with E-state index in [2.05, 4.69) is 5.16 Å². The van der Waals surface area contributed by atoms with Gasteiger partial charge in [0.05, 0.1) is 18.0 Å². The predicted molar refractivity (Wildman–Crippen MR) is 70.2 cm³/mol. The number of benzene rings is 1. The third-order valence-corrected chi connectivity index (χ3v) is 2.44. The van der Waals surface area contributed by atoms with Crippen molar-refractivity contribution in [2.24, 2.45) is 5.16 Å². The van der Waals surface area contributed by atoms with Gasteiger partial charge in [-0.05, 0) is 29.8 Å². The maximum atomic E-state index is 12.4. The number of oxime groups is 1. The van der Waals surface area contributed by atoms with E-state index in [1.54, 1.807) is 24.3 Å². The fourth-order valence-electron chi connectivity index (χ4n) is 1.24. The van der Waals surface area contributed by atoms with Crippen molar-refractivity contribution >= 4 is 17.8 Å². The monoisotopic (exact) mass is 305 g/mol. The van der Waals surface area contributed by atoms with Gasteiger partial charge in [0.15, 0.2) is 0 Å². The molecule has 0 radical (unpaired) electrons. The van der Waals surface area contributed by atoms with E-state index in [1.807, 2.05) is 0 Å². The second-order valence-electron chi connectivity index (χ2n) is 3.59. The highest BCUT2D eigenvalue weighted by atomic mass is 35.5. The van der Waals surface area contributed by atoms with Crippen molar-refractivity contribution in [1.29, 1.82) is 0 Å². The number of hydrogen-bond donors (Lipinski definition) is 1. The minimum absolute atomic E-state index is 0.304. The van der Waals surface area contributed by atoms with Crippen molar-refractivity contribution in [3.05, 3.63) is 53.8 Å². The van der Waals surface area contributed by atoms with E-state index in [0.717, 1.165) is 24.0 Å². The highest BCUT2D eigenvalue weighted by Crippen LogP contribution is 2.24. The molecule has 20 heavy (non-hydrogen) atoms. The van der Waals surface area contributed by atoms with Gasteiger partial charge in [0.25, 0.3) is 0 Å². The van der Waals surface area contributed by atoms with Gasteiger partial charge in [-0.1, -0.05) is 17.3 Å². The number of ether oxygens (including phenoxy) is 1. The minimum Gasteiger partial charge on any atom is -0.465 e. The number of halogens is 4. The Balaban J connectivity index is 2.72. The Morgan fingerprint density at radius 1 is 1.40 bits per heavy atom. The summed E-state index contributed by atoms with van der Waals surface area (Å²) in [5.41, 5.74) is -0.272. The third-order valence-electron chi connectivity index (χ3n) is 2.14. The van der Waals surface area contributed by atoms with E-state index < -0.39 is 11.7 Å². The summed E-state index contributed by atoms with van der Waals surface area (Å²) in [7, 11) is 0. The number of nitrogens with zero attached hydrogens (tertiary/aromatic N) is 1. The molecule has 0 amide bonds. The molecule has 0 aliphatic carbocycles. The molecule has 1 rings (SSSR count). The zero-order valence-corrected chi connectivity index (χ0v) is 10.9. The Bertz CT molecular complexity index is 525. The molecule has 0 spiro atoms. The smallest absolute Gasteiger partial charge is 0.418 e. The topological polar surface area (TPSA) is 41.8 Å². The van der Waals surface area contributed by atoms with Crippen LogP contribution in [-0.2, 0) is 5.88 Å². The molecule has 0 aromatic heterocycles. The maximum absolute atomic E-state index is 12.4. The van der Waals surface area contributed by atoms with Crippen molar-refractivity contribution < 1.29 is 23.1 Å². The van der Waals surface area contributed by atoms with Gasteiger partial charge in [-0.3, -0.25) is 0 Å². The van der Waals surface area contributed by atoms with Gasteiger partial charge in [0.1, 0.15) is 5.75 Å². The standard InChI is InChI=1S/C13H11ClF3NO2/c14-8-10-3-1-5-12(7-10)20-6-2-4-11(9-18-19)13(15,16)17/h1-7,9,19H,8H2/b6-2+,11-4+,18-9?. The van der Waals surface area contributed by atoms with E-state index in [0.29, 0.717) is 17.8 Å². The molecular formula is C13H11ClF3NO2. The van der Waals surface area contributed by atoms with Crippen molar-refractivity contribution in [3.63, 3.8) is 0 Å². The largest absolute Gasteiger partial charge is 0.465 e. The lowest BCUT2D eigenvalue weighted by atomic mass is 10.2. The highest BCUT2D eigenvalue weighted by molar-refractivity contribution is 6.17. The van der Waals surface area contributed by atoms with E-state index in [4.69, 9.17) is 21.5 Å². The predicted octanol–water partition coefficient (Wildman–Crippen LogP) is 4.27. The van der Waals surface area contributed by atoms with Gasteiger partial charge >= 0.3 is 6.18 Å². The Kier molecular flexibility index (Phi) is 6.11. The van der Waals surface area contributed by atoms with Crippen LogP contribution in [0.4, 0.5) is 13.2 Å². The van der Waals surface area contributed by atoms with Gasteiger partial charge in [-0.15, -0.1) is 11.6 Å². The molecule has 0 atom stereocenters. The number of hydrogen-bond acceptors (Lipinski definition) is 3. The highest BCUT2D eigenvalue weighted by Gasteiger charge is 2.32. The van der Waals surface area contributed by atoms with E-state index in [1.165, 1.54) is 0 Å². The Labute approximate surface area is 118 Å². The molecule has 0 saturated heterocycles. The molecule has 0 bridgehead atoms. The second-order valence-corrected chi connectivity index (χ2v) is 3.86. The van der Waals surface area contributed by atoms with Gasteiger partial charge in [0, 0.05) is 5.88 Å². The molecule has 3 nitrogen and oxygen atoms in total. The summed E-state index contributed by atoms with van der Waals surface area (Å²) in [5.74, 6) is 0.767. The van der Waals surface area contributed by atoms with Crippen LogP contribution in [0.25, 0.3) is 0 Å². The molecule has 1 aromatic carbocycles. The molecule has 0 unspecified atom stereocenters. The van der Waals surface area contributed by atoms with Crippen LogP contribution in [-0.4, -0.2) is 17.6 Å². The fraction of sp³-hybridized carbons (Fsp3) is 0.154. The van der Waals surface area contributed by atoms with Crippen LogP contribution in [0, 0.1) is 0 Å². The normalized spacial score (nSPS) is 13.3. The van der Waals surface area contributed by atoms with Crippen LogP contribution in [0.15, 0.2) is 53.4 Å². The zero-order valence-electron chi connectivity index (χ0n) is 10.1. The molecule has 108 valence electrons. The van der Waals surface area contributed by atoms with Crippen molar-refractivity contribution in [3.8, 4) is 5.75 Å². The quantitative estimate of drug-likeness (QED) is 0.220. The first-order valence-electron chi connectivity index (χ1n) is 5.40. The van der Waals surface area contributed by atoms with Crippen LogP contribution in [0.5, 0.6) is 5.75 Å². The first kappa shape index (κ1) is 16.1. The van der Waals surface area contributed by atoms with E-state index in [9.17, 15) is 13.2 Å². The van der Waals surface area contributed by atoms with E-state index >= 15 is 0 Å². The molecule has 0 saturated carbocycles. The van der Waals surface area contributed by atoms with Crippen LogP contribution in [0.1, 0.15) is 5.56 Å². The number of allylic oxidation sites excluding steroid dienone is 3. The van der Waals surface area contributed by atoms with Gasteiger partial charge in [-0.2, -0.15) is 13.2 Å². The van der Waals surface area contributed by atoms with Crippen LogP contribution < -0.4 is 4.74 Å². The molecule has 0 aliphatic heterocycles. The summed E-state index contributed by atoms with van der Waals surface area (Å²) in [6.45, 7) is 0. The first-order valence-corrected chi connectivity index (χ1v) is 5.94. The lowest BCUT2D eigenvalue weighted by Gasteiger charge is -2.04. The van der Waals surface area contributed by atoms with Gasteiger partial charge in [-0.25, -0.2) is 0 Å². The van der Waals surface area contributed by atoms with Crippen molar-refractivity contribution in [2.45, 2.75) is 12.1 Å². The van der Waals surface area contributed by atoms with E-state index in [-0.39, 0.29) is 0 Å². The van der Waals surface area contributed by atoms with Crippen molar-refractivity contribution in [1.82, 2.24) is 0 Å². The number of alkyl halides is 4. The maximum Gasteiger partial charge on any atom is 0.418 e. The summed E-state index contributed by atoms with van der Waals surface area (Å²) in [5, 5.41) is 10.5. The van der Waals surface area contributed by atoms with Gasteiger partial charge in [0.2, 0.25) is 0 Å². The summed E-state index contributed by atoms with van der Waals surface area (Å²) < 4.78 is 42.3. The van der Waals surface area contributed by atoms with Crippen LogP contribution in [0.2, 0.25) is 0 Å². The average molecular weight is 306 g/mol. The molecule has 0 heterocycles. The average Bonchev–Trinajstić information content (AvgIpc) is 2.41. The van der Waals surface area contributed by atoms with Crippen LogP contribution in [0.3, 0.4) is 0 Å². The molecule has 0 fully saturated rings. The Morgan fingerprint density at radius 3 is 2.75 bits per heavy atom. The Hall–Kier alpha value is -1.95. The summed E-state index contributed by atoms with van der Waals surface area (Å²) in [6, 6.07) is 6.82. The second kappa shape index (κ2) is 7.59. The molecular weight excluding hydrogens is 295 g/mol. The lowest BCUT2D eigenvalue weighted by molar-refractivity contribution is -0.0857. The zero-order chi connectivity index (χ0) is 15.0. The van der Waals surface area contributed by atoms with Gasteiger partial charge < -0.3 is 9.94 Å². The third kappa shape index (κ3) is 5.36. The van der Waals surface area contributed by atoms with Crippen molar-refractivity contribution in [2.75, 3.05) is 0 Å². The SMILES string of the molecule is ON=C/C(=C\C=C\Oc1cccc(CCl)c1)C(F)(F)F. The first-order chi connectivity index (χ1) is 9.47. The van der Waals surface area contributed by atoms with Crippen LogP contribution >= 0.6 is 11.6 Å². The molecule has 7 heteroatoms. The summed E-state index contributed by atoms with van der Waals surface area (Å²) in [4.78, 5) is 0. The number of rotatable bonds is 5. The minimum atomic E-state index is -4.60. The molecule has 1 aromatic rings. The lowest BCUT2D eigenvalue weighted by Crippen LogP contribution is -2.12. The molecule has 1 N–H and O–H groups in total. The summed E-state index contributed by atoms with van der Waals surface area (Å²) >= 11 is 5.64. The molecule has 0 aliphatic rings. The fourth-order valence-corrected chi connectivity index (χ4v) is 1.40.